The van der Waals surface area contributed by atoms with E-state index in [1.165, 1.54) is 16.9 Å². The van der Waals surface area contributed by atoms with Gasteiger partial charge in [0.1, 0.15) is 0 Å². The Balaban J connectivity index is 1.68. The number of piperazine rings is 1. The van der Waals surface area contributed by atoms with Crippen LogP contribution in [0.3, 0.4) is 0 Å². The summed E-state index contributed by atoms with van der Waals surface area (Å²) in [5.41, 5.74) is 3.75. The minimum absolute atomic E-state index is 0.162. The van der Waals surface area contributed by atoms with E-state index >= 15 is 0 Å². The minimum atomic E-state index is 0.162. The zero-order chi connectivity index (χ0) is 21.3. The second-order valence-corrected chi connectivity index (χ2v) is 8.27. The first-order valence-corrected chi connectivity index (χ1v) is 11.2. The third-order valence-electron chi connectivity index (χ3n) is 5.92. The van der Waals surface area contributed by atoms with Crippen LogP contribution in [0, 0.1) is 0 Å². The van der Waals surface area contributed by atoms with Crippen molar-refractivity contribution in [3.63, 3.8) is 0 Å². The lowest BCUT2D eigenvalue weighted by Crippen LogP contribution is -2.49. The number of unbranched alkanes of at least 4 members (excludes halogenated alkanes) is 1. The number of benzene rings is 2. The van der Waals surface area contributed by atoms with Crippen LogP contribution in [0.2, 0.25) is 0 Å². The van der Waals surface area contributed by atoms with E-state index in [-0.39, 0.29) is 11.9 Å². The summed E-state index contributed by atoms with van der Waals surface area (Å²) < 4.78 is 0. The summed E-state index contributed by atoms with van der Waals surface area (Å²) in [6.45, 7) is 6.75. The lowest BCUT2D eigenvalue weighted by molar-refractivity contribution is -0.121. The van der Waals surface area contributed by atoms with E-state index in [9.17, 15) is 4.79 Å². The number of hydrogen-bond acceptors (Lipinski definition) is 4. The molecule has 1 unspecified atom stereocenters. The number of hydrogen-bond donors (Lipinski definition) is 1. The van der Waals surface area contributed by atoms with E-state index in [0.717, 1.165) is 39.0 Å². The zero-order valence-corrected chi connectivity index (χ0v) is 18.7. The third-order valence-corrected chi connectivity index (χ3v) is 5.92. The Morgan fingerprint density at radius 2 is 1.67 bits per heavy atom. The first-order valence-electron chi connectivity index (χ1n) is 11.2. The molecular weight excluding hydrogens is 372 g/mol. The number of rotatable bonds is 9. The fraction of sp³-hybridized carbons (Fsp3) is 0.480. The summed E-state index contributed by atoms with van der Waals surface area (Å²) >= 11 is 0. The molecule has 5 heteroatoms. The molecule has 1 aliphatic rings. The normalized spacial score (nSPS) is 15.6. The van der Waals surface area contributed by atoms with Gasteiger partial charge in [0, 0.05) is 64.6 Å². The molecule has 2 aromatic rings. The smallest absolute Gasteiger partial charge is 0.220 e. The van der Waals surface area contributed by atoms with Gasteiger partial charge in [0.05, 0.1) is 6.04 Å². The molecule has 30 heavy (non-hydrogen) atoms. The van der Waals surface area contributed by atoms with Gasteiger partial charge < -0.3 is 15.1 Å². The Bertz CT molecular complexity index is 767. The van der Waals surface area contributed by atoms with Crippen LogP contribution in [0.1, 0.15) is 37.8 Å². The molecule has 162 valence electrons. The van der Waals surface area contributed by atoms with Crippen molar-refractivity contribution >= 4 is 17.3 Å². The molecular formula is C25H36N4O. The molecule has 0 bridgehead atoms. The molecule has 0 radical (unpaired) electrons. The van der Waals surface area contributed by atoms with Gasteiger partial charge in [-0.05, 0) is 36.2 Å². The Hall–Kier alpha value is -2.53. The van der Waals surface area contributed by atoms with Crippen LogP contribution in [0.4, 0.5) is 11.4 Å². The molecule has 5 nitrogen and oxygen atoms in total. The monoisotopic (exact) mass is 408 g/mol. The fourth-order valence-corrected chi connectivity index (χ4v) is 4.02. The van der Waals surface area contributed by atoms with Crippen molar-refractivity contribution in [1.29, 1.82) is 0 Å². The van der Waals surface area contributed by atoms with Crippen LogP contribution in [-0.2, 0) is 4.79 Å². The first kappa shape index (κ1) is 22.2. The molecule has 1 saturated heterocycles. The van der Waals surface area contributed by atoms with Gasteiger partial charge in [-0.2, -0.15) is 0 Å². The third kappa shape index (κ3) is 5.99. The quantitative estimate of drug-likeness (QED) is 0.683. The predicted molar refractivity (Wildman–Crippen MR) is 126 cm³/mol. The van der Waals surface area contributed by atoms with Gasteiger partial charge in [0.15, 0.2) is 0 Å². The molecule has 2 aromatic carbocycles. The van der Waals surface area contributed by atoms with Crippen molar-refractivity contribution in [2.24, 2.45) is 0 Å². The molecule has 1 fully saturated rings. The average molecular weight is 409 g/mol. The van der Waals surface area contributed by atoms with Crippen molar-refractivity contribution in [2.45, 2.75) is 32.2 Å². The number of anilines is 2. The average Bonchev–Trinajstić information content (AvgIpc) is 2.79. The Morgan fingerprint density at radius 3 is 2.27 bits per heavy atom. The number of amides is 1. The van der Waals surface area contributed by atoms with E-state index in [0.29, 0.717) is 13.0 Å². The summed E-state index contributed by atoms with van der Waals surface area (Å²) in [6.07, 6.45) is 2.61. The van der Waals surface area contributed by atoms with Gasteiger partial charge in [0.25, 0.3) is 0 Å². The van der Waals surface area contributed by atoms with Gasteiger partial charge in [-0.1, -0.05) is 43.7 Å². The van der Waals surface area contributed by atoms with Crippen LogP contribution in [0.15, 0.2) is 54.6 Å². The molecule has 0 aliphatic carbocycles. The molecule has 1 heterocycles. The van der Waals surface area contributed by atoms with Crippen LogP contribution in [0.5, 0.6) is 0 Å². The maximum Gasteiger partial charge on any atom is 0.220 e. The highest BCUT2D eigenvalue weighted by atomic mass is 16.1. The SMILES string of the molecule is CCCCC(=O)NCC(c1ccc(N(C)C)cc1)N1CCN(c2ccccc2)CC1. The van der Waals surface area contributed by atoms with Crippen molar-refractivity contribution in [3.05, 3.63) is 60.2 Å². The molecule has 0 saturated carbocycles. The molecule has 0 spiro atoms. The Labute approximate surface area is 181 Å². The number of nitrogens with one attached hydrogen (secondary N) is 1. The second kappa shape index (κ2) is 11.0. The summed E-state index contributed by atoms with van der Waals surface area (Å²) in [4.78, 5) is 19.3. The second-order valence-electron chi connectivity index (χ2n) is 8.27. The number of carbonyl (C=O) groups is 1. The summed E-state index contributed by atoms with van der Waals surface area (Å²) in [5, 5.41) is 3.19. The van der Waals surface area contributed by atoms with Gasteiger partial charge in [-0.3, -0.25) is 9.69 Å². The minimum Gasteiger partial charge on any atom is -0.378 e. The molecule has 1 N–H and O–H groups in total. The van der Waals surface area contributed by atoms with Crippen molar-refractivity contribution in [1.82, 2.24) is 10.2 Å². The predicted octanol–water partition coefficient (Wildman–Crippen LogP) is 3.92. The van der Waals surface area contributed by atoms with Crippen molar-refractivity contribution in [2.75, 3.05) is 56.6 Å². The van der Waals surface area contributed by atoms with Crippen LogP contribution < -0.4 is 15.1 Å². The number of para-hydroxylation sites is 1. The lowest BCUT2D eigenvalue weighted by Gasteiger charge is -2.40. The molecule has 0 aromatic heterocycles. The highest BCUT2D eigenvalue weighted by Crippen LogP contribution is 2.25. The summed E-state index contributed by atoms with van der Waals surface area (Å²) in [7, 11) is 4.12. The van der Waals surface area contributed by atoms with Gasteiger partial charge in [-0.25, -0.2) is 0 Å². The highest BCUT2D eigenvalue weighted by Gasteiger charge is 2.25. The van der Waals surface area contributed by atoms with Gasteiger partial charge >= 0.3 is 0 Å². The topological polar surface area (TPSA) is 38.8 Å². The Kier molecular flexibility index (Phi) is 8.14. The molecule has 1 aliphatic heterocycles. The van der Waals surface area contributed by atoms with Crippen LogP contribution in [-0.4, -0.2) is 57.6 Å². The molecule has 1 amide bonds. The first-order chi connectivity index (χ1) is 14.6. The van der Waals surface area contributed by atoms with E-state index in [1.54, 1.807) is 0 Å². The number of nitrogens with zero attached hydrogens (tertiary/aromatic N) is 3. The Morgan fingerprint density at radius 1 is 1.00 bits per heavy atom. The highest BCUT2D eigenvalue weighted by molar-refractivity contribution is 5.75. The zero-order valence-electron chi connectivity index (χ0n) is 18.7. The van der Waals surface area contributed by atoms with E-state index in [1.807, 2.05) is 0 Å². The maximum atomic E-state index is 12.3. The molecule has 3 rings (SSSR count). The van der Waals surface area contributed by atoms with Crippen molar-refractivity contribution < 1.29 is 4.79 Å². The fourth-order valence-electron chi connectivity index (χ4n) is 4.02. The van der Waals surface area contributed by atoms with Gasteiger partial charge in [-0.15, -0.1) is 0 Å². The summed E-state index contributed by atoms with van der Waals surface area (Å²) in [5.74, 6) is 0.162. The maximum absolute atomic E-state index is 12.3. The van der Waals surface area contributed by atoms with Gasteiger partial charge in [0.2, 0.25) is 5.91 Å². The van der Waals surface area contributed by atoms with Crippen LogP contribution in [0.25, 0.3) is 0 Å². The van der Waals surface area contributed by atoms with Crippen LogP contribution >= 0.6 is 0 Å². The standard InChI is InChI=1S/C25H36N4O/c1-4-5-11-25(30)26-20-24(21-12-14-22(15-13-21)27(2)3)29-18-16-28(17-19-29)23-9-7-6-8-10-23/h6-10,12-15,24H,4-5,11,16-20H2,1-3H3,(H,26,30). The van der Waals surface area contributed by atoms with E-state index in [4.69, 9.17) is 0 Å². The molecule has 1 atom stereocenters. The summed E-state index contributed by atoms with van der Waals surface area (Å²) in [6, 6.07) is 19.6. The largest absolute Gasteiger partial charge is 0.378 e. The van der Waals surface area contributed by atoms with E-state index < -0.39 is 0 Å². The van der Waals surface area contributed by atoms with E-state index in [2.05, 4.69) is 95.6 Å². The van der Waals surface area contributed by atoms with Crippen molar-refractivity contribution in [3.8, 4) is 0 Å². The lowest BCUT2D eigenvalue weighted by atomic mass is 10.0. The number of carbonyl (C=O) groups excluding carboxylic acids is 1.